The number of rotatable bonds is 2. The van der Waals surface area contributed by atoms with E-state index < -0.39 is 0 Å². The minimum absolute atomic E-state index is 0.0312. The number of hydrogen-bond donors (Lipinski definition) is 1. The summed E-state index contributed by atoms with van der Waals surface area (Å²) < 4.78 is 5.54. The maximum absolute atomic E-state index is 9.10. The minimum atomic E-state index is 0.0312. The Morgan fingerprint density at radius 1 is 1.77 bits per heavy atom. The van der Waals surface area contributed by atoms with Crippen LogP contribution in [0.4, 0.5) is 0 Å². The summed E-state index contributed by atoms with van der Waals surface area (Å²) in [5.41, 5.74) is 1.03. The Morgan fingerprint density at radius 2 is 2.62 bits per heavy atom. The summed E-state index contributed by atoms with van der Waals surface area (Å²) in [7, 11) is 0. The van der Waals surface area contributed by atoms with Gasteiger partial charge in [0.15, 0.2) is 0 Å². The van der Waals surface area contributed by atoms with Crippen molar-refractivity contribution < 1.29 is 9.84 Å². The zero-order valence-corrected chi connectivity index (χ0v) is 8.38. The van der Waals surface area contributed by atoms with Crippen molar-refractivity contribution >= 4 is 11.3 Å². The Kier molecular flexibility index (Phi) is 2.62. The smallest absolute Gasteiger partial charge is 0.122 e. The second-order valence-corrected chi connectivity index (χ2v) is 4.24. The Balaban J connectivity index is 2.15. The van der Waals surface area contributed by atoms with Gasteiger partial charge in [-0.15, -0.1) is 11.3 Å². The molecular formula is C9H13NO2S. The predicted octanol–water partition coefficient (Wildman–Crippen LogP) is 1.52. The fourth-order valence-electron chi connectivity index (χ4n) is 1.60. The van der Waals surface area contributed by atoms with Gasteiger partial charge in [-0.05, 0) is 13.3 Å². The number of aliphatic hydroxyl groups excluding tert-OH is 1. The number of ether oxygens (including phenoxy) is 1. The van der Waals surface area contributed by atoms with Gasteiger partial charge in [0, 0.05) is 30.2 Å². The average molecular weight is 199 g/mol. The van der Waals surface area contributed by atoms with Crippen LogP contribution in [0.2, 0.25) is 0 Å². The molecule has 1 aromatic heterocycles. The fraction of sp³-hybridized carbons (Fsp3) is 0.667. The maximum Gasteiger partial charge on any atom is 0.122 e. The summed E-state index contributed by atoms with van der Waals surface area (Å²) in [6.07, 6.45) is 0.975. The van der Waals surface area contributed by atoms with Crippen LogP contribution in [0.5, 0.6) is 0 Å². The van der Waals surface area contributed by atoms with Gasteiger partial charge in [-0.25, -0.2) is 4.98 Å². The van der Waals surface area contributed by atoms with Crippen LogP contribution in [0, 0.1) is 12.8 Å². The van der Waals surface area contributed by atoms with Gasteiger partial charge in [0.25, 0.3) is 0 Å². The van der Waals surface area contributed by atoms with E-state index in [1.54, 1.807) is 11.3 Å². The van der Waals surface area contributed by atoms with E-state index in [1.165, 1.54) is 0 Å². The molecule has 2 heterocycles. The number of aromatic nitrogens is 1. The maximum atomic E-state index is 9.10. The molecule has 0 spiro atoms. The molecule has 0 radical (unpaired) electrons. The third kappa shape index (κ3) is 1.75. The van der Waals surface area contributed by atoms with Gasteiger partial charge < -0.3 is 9.84 Å². The molecular weight excluding hydrogens is 186 g/mol. The Hall–Kier alpha value is -0.450. The van der Waals surface area contributed by atoms with Crippen molar-refractivity contribution in [3.63, 3.8) is 0 Å². The molecule has 1 aliphatic rings. The molecule has 13 heavy (non-hydrogen) atoms. The van der Waals surface area contributed by atoms with E-state index in [1.807, 2.05) is 12.3 Å². The Morgan fingerprint density at radius 3 is 3.23 bits per heavy atom. The number of hydrogen-bond acceptors (Lipinski definition) is 4. The number of aliphatic hydroxyl groups is 1. The first kappa shape index (κ1) is 9.12. The van der Waals surface area contributed by atoms with E-state index in [2.05, 4.69) is 4.98 Å². The van der Waals surface area contributed by atoms with E-state index in [9.17, 15) is 0 Å². The molecule has 4 heteroatoms. The third-order valence-electron chi connectivity index (χ3n) is 2.33. The highest BCUT2D eigenvalue weighted by molar-refractivity contribution is 7.09. The number of aryl methyl sites for hydroxylation is 1. The topological polar surface area (TPSA) is 42.4 Å². The second-order valence-electron chi connectivity index (χ2n) is 3.35. The molecule has 1 saturated heterocycles. The second kappa shape index (κ2) is 3.74. The summed E-state index contributed by atoms with van der Waals surface area (Å²) in [6.45, 7) is 2.92. The molecule has 0 amide bonds. The lowest BCUT2D eigenvalue weighted by Gasteiger charge is -2.12. The van der Waals surface area contributed by atoms with E-state index in [-0.39, 0.29) is 18.6 Å². The highest BCUT2D eigenvalue weighted by atomic mass is 32.1. The lowest BCUT2D eigenvalue weighted by molar-refractivity contribution is 0.0718. The van der Waals surface area contributed by atoms with E-state index in [0.29, 0.717) is 0 Å². The minimum Gasteiger partial charge on any atom is -0.396 e. The molecule has 0 saturated carbocycles. The largest absolute Gasteiger partial charge is 0.396 e. The van der Waals surface area contributed by atoms with Crippen molar-refractivity contribution in [3.8, 4) is 0 Å². The summed E-state index contributed by atoms with van der Waals surface area (Å²) in [6, 6.07) is 0. The number of thiazole rings is 1. The average Bonchev–Trinajstić information content (AvgIpc) is 2.71. The summed E-state index contributed by atoms with van der Waals surface area (Å²) >= 11 is 1.62. The molecule has 0 aliphatic carbocycles. The van der Waals surface area contributed by atoms with Crippen molar-refractivity contribution in [2.45, 2.75) is 19.4 Å². The standard InChI is InChI=1S/C9H13NO2S/c1-6-5-13-9(10-6)8-7(4-11)2-3-12-8/h5,7-8,11H,2-4H2,1H3. The first-order valence-corrected chi connectivity index (χ1v) is 5.33. The Bertz CT molecular complexity index is 287. The van der Waals surface area contributed by atoms with Crippen molar-refractivity contribution in [1.82, 2.24) is 4.98 Å². The van der Waals surface area contributed by atoms with Crippen molar-refractivity contribution in [2.75, 3.05) is 13.2 Å². The summed E-state index contributed by atoms with van der Waals surface area (Å²) in [5.74, 6) is 0.241. The molecule has 1 aliphatic heterocycles. The lowest BCUT2D eigenvalue weighted by atomic mass is 10.0. The normalized spacial score (nSPS) is 28.2. The number of nitrogens with zero attached hydrogens (tertiary/aromatic N) is 1. The van der Waals surface area contributed by atoms with Gasteiger partial charge in [-0.3, -0.25) is 0 Å². The first-order valence-electron chi connectivity index (χ1n) is 4.45. The van der Waals surface area contributed by atoms with Gasteiger partial charge >= 0.3 is 0 Å². The summed E-state index contributed by atoms with van der Waals surface area (Å²) in [5, 5.41) is 12.1. The molecule has 2 unspecified atom stereocenters. The van der Waals surface area contributed by atoms with E-state index in [4.69, 9.17) is 9.84 Å². The van der Waals surface area contributed by atoms with Crippen LogP contribution >= 0.6 is 11.3 Å². The molecule has 72 valence electrons. The van der Waals surface area contributed by atoms with Crippen LogP contribution in [0.3, 0.4) is 0 Å². The molecule has 0 bridgehead atoms. The molecule has 1 N–H and O–H groups in total. The summed E-state index contributed by atoms with van der Waals surface area (Å²) in [4.78, 5) is 4.37. The molecule has 2 rings (SSSR count). The fourth-order valence-corrected chi connectivity index (χ4v) is 2.53. The Labute approximate surface area is 81.4 Å². The van der Waals surface area contributed by atoms with E-state index >= 15 is 0 Å². The molecule has 2 atom stereocenters. The van der Waals surface area contributed by atoms with Gasteiger partial charge in [-0.2, -0.15) is 0 Å². The zero-order valence-electron chi connectivity index (χ0n) is 7.56. The molecule has 0 aromatic carbocycles. The monoisotopic (exact) mass is 199 g/mol. The van der Waals surface area contributed by atoms with Crippen molar-refractivity contribution in [2.24, 2.45) is 5.92 Å². The van der Waals surface area contributed by atoms with Crippen molar-refractivity contribution in [3.05, 3.63) is 16.1 Å². The predicted molar refractivity (Wildman–Crippen MR) is 50.7 cm³/mol. The zero-order chi connectivity index (χ0) is 9.26. The third-order valence-corrected chi connectivity index (χ3v) is 3.35. The molecule has 1 fully saturated rings. The quantitative estimate of drug-likeness (QED) is 0.785. The van der Waals surface area contributed by atoms with Gasteiger partial charge in [-0.1, -0.05) is 0 Å². The van der Waals surface area contributed by atoms with Gasteiger partial charge in [0.1, 0.15) is 11.1 Å². The SMILES string of the molecule is Cc1csc(C2OCCC2CO)n1. The van der Waals surface area contributed by atoms with Gasteiger partial charge in [0.2, 0.25) is 0 Å². The van der Waals surface area contributed by atoms with Crippen LogP contribution in [-0.2, 0) is 4.74 Å². The molecule has 1 aromatic rings. The highest BCUT2D eigenvalue weighted by Crippen LogP contribution is 2.35. The highest BCUT2D eigenvalue weighted by Gasteiger charge is 2.30. The first-order chi connectivity index (χ1) is 6.31. The van der Waals surface area contributed by atoms with Crippen LogP contribution < -0.4 is 0 Å². The van der Waals surface area contributed by atoms with Crippen LogP contribution in [-0.4, -0.2) is 23.3 Å². The van der Waals surface area contributed by atoms with Crippen LogP contribution in [0.15, 0.2) is 5.38 Å². The van der Waals surface area contributed by atoms with Gasteiger partial charge in [0.05, 0.1) is 0 Å². The molecule has 3 nitrogen and oxygen atoms in total. The van der Waals surface area contributed by atoms with Crippen LogP contribution in [0.25, 0.3) is 0 Å². The lowest BCUT2D eigenvalue weighted by Crippen LogP contribution is -2.11. The van der Waals surface area contributed by atoms with E-state index in [0.717, 1.165) is 23.7 Å². The van der Waals surface area contributed by atoms with Crippen molar-refractivity contribution in [1.29, 1.82) is 0 Å². The van der Waals surface area contributed by atoms with Crippen LogP contribution in [0.1, 0.15) is 23.2 Å².